The minimum atomic E-state index is -2.86. The van der Waals surface area contributed by atoms with Crippen molar-refractivity contribution in [2.45, 2.75) is 13.0 Å². The van der Waals surface area contributed by atoms with Crippen molar-refractivity contribution >= 4 is 0 Å². The number of methoxy groups -OCH3 is 3. The molecule has 24 heavy (non-hydrogen) atoms. The number of halogens is 2. The Labute approximate surface area is 137 Å². The molecule has 3 N–H and O–H groups in total. The molecule has 8 heteroatoms. The Hall–Kier alpha value is -2.79. The quantitative estimate of drug-likeness (QED) is 0.845. The van der Waals surface area contributed by atoms with E-state index in [0.29, 0.717) is 17.0 Å². The summed E-state index contributed by atoms with van der Waals surface area (Å²) in [5.74, 6) is 0.874. The van der Waals surface area contributed by atoms with Crippen LogP contribution in [-0.2, 0) is 6.54 Å². The number of alkyl halides is 2. The molecule has 2 rings (SSSR count). The van der Waals surface area contributed by atoms with Crippen LogP contribution in [0.4, 0.5) is 8.78 Å². The van der Waals surface area contributed by atoms with Crippen LogP contribution in [0.5, 0.6) is 17.2 Å². The van der Waals surface area contributed by atoms with Crippen molar-refractivity contribution < 1.29 is 23.0 Å². The van der Waals surface area contributed by atoms with Gasteiger partial charge in [0.1, 0.15) is 11.8 Å². The van der Waals surface area contributed by atoms with Crippen molar-refractivity contribution in [2.24, 2.45) is 5.73 Å². The van der Waals surface area contributed by atoms with Crippen molar-refractivity contribution in [3.05, 3.63) is 29.1 Å². The van der Waals surface area contributed by atoms with Crippen molar-refractivity contribution in [1.29, 1.82) is 5.26 Å². The van der Waals surface area contributed by atoms with Gasteiger partial charge < -0.3 is 24.9 Å². The number of aromatic amines is 1. The van der Waals surface area contributed by atoms with Gasteiger partial charge in [-0.3, -0.25) is 0 Å². The number of nitriles is 1. The summed E-state index contributed by atoms with van der Waals surface area (Å²) in [5, 5.41) is 9.13. The third kappa shape index (κ3) is 2.74. The second-order valence-electron chi connectivity index (χ2n) is 4.77. The molecule has 0 amide bonds. The lowest BCUT2D eigenvalue weighted by Gasteiger charge is -2.17. The number of nitrogens with zero attached hydrogens (tertiary/aromatic N) is 1. The predicted molar refractivity (Wildman–Crippen MR) is 83.4 cm³/mol. The van der Waals surface area contributed by atoms with Gasteiger partial charge in [0.05, 0.1) is 26.9 Å². The molecule has 1 aromatic carbocycles. The average molecular weight is 337 g/mol. The van der Waals surface area contributed by atoms with E-state index >= 15 is 0 Å². The number of H-pyrrole nitrogens is 1. The monoisotopic (exact) mass is 337 g/mol. The number of aromatic nitrogens is 1. The lowest BCUT2D eigenvalue weighted by atomic mass is 9.98. The fraction of sp³-hybridized carbons (Fsp3) is 0.312. The predicted octanol–water partition coefficient (Wildman–Crippen LogP) is 2.98. The summed E-state index contributed by atoms with van der Waals surface area (Å²) in [7, 11) is 4.26. The zero-order valence-corrected chi connectivity index (χ0v) is 13.4. The van der Waals surface area contributed by atoms with Gasteiger partial charge in [-0.05, 0) is 12.1 Å². The minimum absolute atomic E-state index is 0.0474. The molecule has 0 saturated heterocycles. The minimum Gasteiger partial charge on any atom is -0.493 e. The van der Waals surface area contributed by atoms with Gasteiger partial charge in [-0.1, -0.05) is 0 Å². The second-order valence-corrected chi connectivity index (χ2v) is 4.77. The van der Waals surface area contributed by atoms with E-state index in [-0.39, 0.29) is 29.3 Å². The fourth-order valence-electron chi connectivity index (χ4n) is 2.63. The zero-order chi connectivity index (χ0) is 17.9. The lowest BCUT2D eigenvalue weighted by molar-refractivity contribution is 0.152. The van der Waals surface area contributed by atoms with Crippen LogP contribution in [0, 0.1) is 11.3 Å². The Morgan fingerprint density at radius 2 is 1.83 bits per heavy atom. The van der Waals surface area contributed by atoms with Crippen molar-refractivity contribution in [3.8, 4) is 34.4 Å². The summed E-state index contributed by atoms with van der Waals surface area (Å²) < 4.78 is 43.0. The van der Waals surface area contributed by atoms with Crippen molar-refractivity contribution in [3.63, 3.8) is 0 Å². The van der Waals surface area contributed by atoms with E-state index in [1.54, 1.807) is 18.2 Å². The van der Waals surface area contributed by atoms with E-state index < -0.39 is 12.0 Å². The van der Waals surface area contributed by atoms with Gasteiger partial charge in [-0.2, -0.15) is 5.26 Å². The molecule has 0 spiro atoms. The molecule has 0 aliphatic heterocycles. The highest BCUT2D eigenvalue weighted by molar-refractivity contribution is 5.81. The summed E-state index contributed by atoms with van der Waals surface area (Å²) in [6.45, 7) is -0.0474. The Morgan fingerprint density at radius 1 is 1.17 bits per heavy atom. The van der Waals surface area contributed by atoms with Crippen LogP contribution in [0.1, 0.15) is 23.4 Å². The summed E-state index contributed by atoms with van der Waals surface area (Å²) in [6, 6.07) is 4.88. The molecule has 0 aliphatic carbocycles. The number of hydrogen-bond donors (Lipinski definition) is 2. The number of ether oxygens (including phenoxy) is 3. The smallest absolute Gasteiger partial charge is 0.267 e. The molecule has 1 heterocycles. The summed E-state index contributed by atoms with van der Waals surface area (Å²) >= 11 is 0. The topological polar surface area (TPSA) is 93.3 Å². The molecule has 0 unspecified atom stereocenters. The van der Waals surface area contributed by atoms with Gasteiger partial charge in [0.25, 0.3) is 6.43 Å². The third-order valence-corrected chi connectivity index (χ3v) is 3.62. The standard InChI is InChI=1S/C16H17F2N3O3/c1-22-11-5-4-8(14(23-2)15(11)24-3)12-9(6-19)21-10(7-20)13(12)16(17)18/h4-5,16,21H,6,19H2,1-3H3. The van der Waals surface area contributed by atoms with Crippen LogP contribution >= 0.6 is 0 Å². The first-order valence-electron chi connectivity index (χ1n) is 6.96. The zero-order valence-electron chi connectivity index (χ0n) is 13.4. The Balaban J connectivity index is 2.86. The first-order chi connectivity index (χ1) is 11.5. The van der Waals surface area contributed by atoms with Gasteiger partial charge in [0, 0.05) is 23.4 Å². The molecule has 0 aliphatic rings. The SMILES string of the molecule is COc1ccc(-c2c(CN)[nH]c(C#N)c2C(F)F)c(OC)c1OC. The van der Waals surface area contributed by atoms with Gasteiger partial charge in [0.15, 0.2) is 11.5 Å². The first-order valence-corrected chi connectivity index (χ1v) is 6.96. The van der Waals surface area contributed by atoms with Gasteiger partial charge in [-0.15, -0.1) is 0 Å². The number of hydrogen-bond acceptors (Lipinski definition) is 5. The fourth-order valence-corrected chi connectivity index (χ4v) is 2.63. The molecule has 6 nitrogen and oxygen atoms in total. The highest BCUT2D eigenvalue weighted by atomic mass is 19.3. The number of benzene rings is 1. The van der Waals surface area contributed by atoms with Crippen LogP contribution in [0.25, 0.3) is 11.1 Å². The molecule has 128 valence electrons. The molecule has 1 aromatic heterocycles. The Bertz CT molecular complexity index is 782. The number of nitrogens with one attached hydrogen (secondary N) is 1. The maximum absolute atomic E-state index is 13.6. The van der Waals surface area contributed by atoms with Crippen LogP contribution in [0.15, 0.2) is 12.1 Å². The van der Waals surface area contributed by atoms with Crippen LogP contribution < -0.4 is 19.9 Å². The van der Waals surface area contributed by atoms with Gasteiger partial charge >= 0.3 is 0 Å². The summed E-state index contributed by atoms with van der Waals surface area (Å²) in [4.78, 5) is 2.65. The third-order valence-electron chi connectivity index (χ3n) is 3.62. The van der Waals surface area contributed by atoms with Gasteiger partial charge in [-0.25, -0.2) is 8.78 Å². The van der Waals surface area contributed by atoms with Gasteiger partial charge in [0.2, 0.25) is 5.75 Å². The average Bonchev–Trinajstić information content (AvgIpc) is 2.98. The first kappa shape index (κ1) is 17.6. The highest BCUT2D eigenvalue weighted by Gasteiger charge is 2.28. The van der Waals surface area contributed by atoms with E-state index in [9.17, 15) is 8.78 Å². The summed E-state index contributed by atoms with van der Waals surface area (Å²) in [6.07, 6.45) is -2.86. The molecule has 0 atom stereocenters. The highest BCUT2D eigenvalue weighted by Crippen LogP contribution is 2.47. The molecule has 0 fully saturated rings. The van der Waals surface area contributed by atoms with E-state index in [2.05, 4.69) is 4.98 Å². The van der Waals surface area contributed by atoms with Crippen LogP contribution in [-0.4, -0.2) is 26.3 Å². The maximum Gasteiger partial charge on any atom is 0.267 e. The molecule has 0 saturated carbocycles. The molecule has 0 bridgehead atoms. The Kier molecular flexibility index (Phi) is 5.26. The number of nitrogens with two attached hydrogens (primary N) is 1. The number of rotatable bonds is 6. The van der Waals surface area contributed by atoms with Crippen LogP contribution in [0.3, 0.4) is 0 Å². The summed E-state index contributed by atoms with van der Waals surface area (Å²) in [5.41, 5.74) is 5.81. The second kappa shape index (κ2) is 7.19. The van der Waals surface area contributed by atoms with Crippen LogP contribution in [0.2, 0.25) is 0 Å². The van der Waals surface area contributed by atoms with E-state index in [0.717, 1.165) is 0 Å². The van der Waals surface area contributed by atoms with E-state index in [1.165, 1.54) is 21.3 Å². The molecular formula is C16H17F2N3O3. The normalized spacial score (nSPS) is 10.6. The van der Waals surface area contributed by atoms with Crippen molar-refractivity contribution in [1.82, 2.24) is 4.98 Å². The van der Waals surface area contributed by atoms with E-state index in [4.69, 9.17) is 25.2 Å². The van der Waals surface area contributed by atoms with Crippen molar-refractivity contribution in [2.75, 3.05) is 21.3 Å². The largest absolute Gasteiger partial charge is 0.493 e. The van der Waals surface area contributed by atoms with E-state index in [1.807, 2.05) is 0 Å². The maximum atomic E-state index is 13.6. The lowest BCUT2D eigenvalue weighted by Crippen LogP contribution is -2.02. The molecular weight excluding hydrogens is 320 g/mol. The molecule has 2 aromatic rings. The Morgan fingerprint density at radius 3 is 2.29 bits per heavy atom. The molecule has 0 radical (unpaired) electrons.